The van der Waals surface area contributed by atoms with Crippen molar-refractivity contribution in [2.45, 2.75) is 52.2 Å². The molecule has 0 saturated carbocycles. The van der Waals surface area contributed by atoms with Gasteiger partial charge in [-0.1, -0.05) is 30.3 Å². The van der Waals surface area contributed by atoms with Crippen molar-refractivity contribution in [3.05, 3.63) is 35.9 Å². The topological polar surface area (TPSA) is 65.0 Å². The van der Waals surface area contributed by atoms with E-state index < -0.39 is 11.5 Å². The largest absolute Gasteiger partial charge is 0.466 e. The van der Waals surface area contributed by atoms with Crippen LogP contribution in [-0.4, -0.2) is 36.4 Å². The quantitative estimate of drug-likeness (QED) is 0.545. The highest BCUT2D eigenvalue weighted by molar-refractivity contribution is 5.87. The fourth-order valence-electron chi connectivity index (χ4n) is 1.90. The lowest BCUT2D eigenvalue weighted by molar-refractivity contribution is -0.154. The lowest BCUT2D eigenvalue weighted by Gasteiger charge is -2.24. The second-order valence-corrected chi connectivity index (χ2v) is 5.70. The molecular weight excluding hydrogens is 294 g/mol. The van der Waals surface area contributed by atoms with Crippen molar-refractivity contribution in [1.82, 2.24) is 0 Å². The van der Waals surface area contributed by atoms with E-state index in [1.165, 1.54) is 0 Å². The fourth-order valence-corrected chi connectivity index (χ4v) is 1.90. The molecule has 1 atom stereocenters. The average Bonchev–Trinajstić information content (AvgIpc) is 2.51. The molecule has 0 fully saturated rings. The minimum absolute atomic E-state index is 0.115. The number of carbonyl (C=O) groups is 2. The van der Waals surface area contributed by atoms with Crippen LogP contribution in [0.4, 0.5) is 0 Å². The van der Waals surface area contributed by atoms with Crippen LogP contribution in [0.2, 0.25) is 0 Å². The maximum atomic E-state index is 12.4. The van der Waals surface area contributed by atoms with Gasteiger partial charge in [0.1, 0.15) is 0 Å². The molecule has 0 aliphatic heterocycles. The van der Waals surface area contributed by atoms with Gasteiger partial charge >= 0.3 is 11.9 Å². The van der Waals surface area contributed by atoms with Crippen LogP contribution < -0.4 is 0 Å². The molecule has 1 unspecified atom stereocenters. The van der Waals surface area contributed by atoms with Gasteiger partial charge in [0, 0.05) is 12.6 Å². The molecule has 126 valence electrons. The summed E-state index contributed by atoms with van der Waals surface area (Å²) >= 11 is 0. The lowest BCUT2D eigenvalue weighted by Crippen LogP contribution is -2.37. The summed E-state index contributed by atoms with van der Waals surface area (Å²) in [6, 6.07) is 9.48. The molecule has 0 radical (unpaired) electrons. The number of carbonyl (C=O) groups excluding carboxylic acids is 2. The summed E-state index contributed by atoms with van der Waals surface area (Å²) in [5, 5.41) is 0. The maximum absolute atomic E-state index is 12.4. The summed E-state index contributed by atoms with van der Waals surface area (Å²) in [5.74, 6) is -0.782. The second-order valence-electron chi connectivity index (χ2n) is 5.70. The first-order chi connectivity index (χ1) is 10.9. The lowest BCUT2D eigenvalue weighted by atomic mass is 9.96. The van der Waals surface area contributed by atoms with E-state index in [1.54, 1.807) is 33.9 Å². The highest BCUT2D eigenvalue weighted by Crippen LogP contribution is 2.21. The third-order valence-corrected chi connectivity index (χ3v) is 3.20. The van der Waals surface area contributed by atoms with E-state index in [-0.39, 0.29) is 24.9 Å². The number of hydrogen-bond acceptors (Lipinski definition) is 5. The highest BCUT2D eigenvalue weighted by atomic mass is 16.5. The molecular formula is C18H25NO4. The summed E-state index contributed by atoms with van der Waals surface area (Å²) in [7, 11) is 0. The van der Waals surface area contributed by atoms with E-state index in [2.05, 4.69) is 4.99 Å². The standard InChI is InChI=1S/C18H25NO4/c1-5-22-16(20)11-12-18(4,17(21)23-14(2)3)19-13-15-9-7-6-8-10-15/h6-10,13-14H,5,11-12H2,1-4H3. The fraction of sp³-hybridized carbons (Fsp3) is 0.500. The minimum Gasteiger partial charge on any atom is -0.466 e. The van der Waals surface area contributed by atoms with Crippen molar-refractivity contribution >= 4 is 18.2 Å². The van der Waals surface area contributed by atoms with Gasteiger partial charge in [0.05, 0.1) is 12.7 Å². The van der Waals surface area contributed by atoms with Crippen LogP contribution in [0.5, 0.6) is 0 Å². The zero-order valence-electron chi connectivity index (χ0n) is 14.2. The Hall–Kier alpha value is -2.17. The third-order valence-electron chi connectivity index (χ3n) is 3.20. The van der Waals surface area contributed by atoms with Crippen molar-refractivity contribution < 1.29 is 19.1 Å². The van der Waals surface area contributed by atoms with Gasteiger partial charge in [-0.3, -0.25) is 9.79 Å². The van der Waals surface area contributed by atoms with Crippen LogP contribution in [0.1, 0.15) is 46.1 Å². The predicted octanol–water partition coefficient (Wildman–Crippen LogP) is 3.16. The Labute approximate surface area is 137 Å². The Balaban J connectivity index is 2.88. The van der Waals surface area contributed by atoms with E-state index in [9.17, 15) is 9.59 Å². The summed E-state index contributed by atoms with van der Waals surface area (Å²) in [4.78, 5) is 28.4. The van der Waals surface area contributed by atoms with Crippen LogP contribution >= 0.6 is 0 Å². The van der Waals surface area contributed by atoms with Gasteiger partial charge in [-0.15, -0.1) is 0 Å². The number of benzene rings is 1. The van der Waals surface area contributed by atoms with Crippen LogP contribution in [0.25, 0.3) is 0 Å². The molecule has 1 aromatic carbocycles. The zero-order valence-corrected chi connectivity index (χ0v) is 14.2. The molecule has 1 aromatic rings. The molecule has 23 heavy (non-hydrogen) atoms. The molecule has 0 aliphatic rings. The minimum atomic E-state index is -1.12. The Kier molecular flexibility index (Phi) is 7.45. The van der Waals surface area contributed by atoms with Gasteiger partial charge in [-0.2, -0.15) is 0 Å². The van der Waals surface area contributed by atoms with Gasteiger partial charge in [-0.05, 0) is 39.7 Å². The molecule has 0 amide bonds. The number of esters is 2. The van der Waals surface area contributed by atoms with Gasteiger partial charge < -0.3 is 9.47 Å². The van der Waals surface area contributed by atoms with E-state index in [0.29, 0.717) is 6.61 Å². The summed E-state index contributed by atoms with van der Waals surface area (Å²) in [6.45, 7) is 7.31. The van der Waals surface area contributed by atoms with Crippen LogP contribution in [-0.2, 0) is 19.1 Å². The Morgan fingerprint density at radius 1 is 1.26 bits per heavy atom. The molecule has 0 spiro atoms. The van der Waals surface area contributed by atoms with Gasteiger partial charge in [0.15, 0.2) is 5.54 Å². The molecule has 5 heteroatoms. The van der Waals surface area contributed by atoms with Crippen molar-refractivity contribution in [2.75, 3.05) is 6.61 Å². The smallest absolute Gasteiger partial charge is 0.333 e. The zero-order chi connectivity index (χ0) is 17.3. The van der Waals surface area contributed by atoms with E-state index in [1.807, 2.05) is 30.3 Å². The van der Waals surface area contributed by atoms with Gasteiger partial charge in [0.25, 0.3) is 0 Å². The third kappa shape index (κ3) is 6.63. The maximum Gasteiger partial charge on any atom is 0.333 e. The van der Waals surface area contributed by atoms with Crippen molar-refractivity contribution in [2.24, 2.45) is 4.99 Å². The van der Waals surface area contributed by atoms with Gasteiger partial charge in [-0.25, -0.2) is 4.79 Å². The predicted molar refractivity (Wildman–Crippen MR) is 89.5 cm³/mol. The first-order valence-electron chi connectivity index (χ1n) is 7.84. The number of rotatable bonds is 8. The van der Waals surface area contributed by atoms with E-state index >= 15 is 0 Å². The molecule has 0 aromatic heterocycles. The Morgan fingerprint density at radius 3 is 2.48 bits per heavy atom. The normalized spacial score (nSPS) is 13.8. The summed E-state index contributed by atoms with van der Waals surface area (Å²) < 4.78 is 10.2. The molecule has 0 heterocycles. The molecule has 0 aliphatic carbocycles. The van der Waals surface area contributed by atoms with Crippen molar-refractivity contribution in [3.63, 3.8) is 0 Å². The first kappa shape index (κ1) is 18.9. The second kappa shape index (κ2) is 9.08. The monoisotopic (exact) mass is 319 g/mol. The number of aliphatic imine (C=N–C) groups is 1. The van der Waals surface area contributed by atoms with Crippen molar-refractivity contribution in [1.29, 1.82) is 0 Å². The summed E-state index contributed by atoms with van der Waals surface area (Å²) in [5.41, 5.74) is -0.237. The molecule has 0 bridgehead atoms. The Bertz CT molecular complexity index is 539. The van der Waals surface area contributed by atoms with Crippen molar-refractivity contribution in [3.8, 4) is 0 Å². The van der Waals surface area contributed by atoms with Crippen LogP contribution in [0, 0.1) is 0 Å². The number of ether oxygens (including phenoxy) is 2. The number of nitrogens with zero attached hydrogens (tertiary/aromatic N) is 1. The Morgan fingerprint density at radius 2 is 1.91 bits per heavy atom. The molecule has 5 nitrogen and oxygen atoms in total. The molecule has 0 N–H and O–H groups in total. The summed E-state index contributed by atoms with van der Waals surface area (Å²) in [6.07, 6.45) is 1.74. The van der Waals surface area contributed by atoms with Crippen LogP contribution in [0.15, 0.2) is 35.3 Å². The van der Waals surface area contributed by atoms with Crippen LogP contribution in [0.3, 0.4) is 0 Å². The van der Waals surface area contributed by atoms with E-state index in [0.717, 1.165) is 5.56 Å². The molecule has 0 saturated heterocycles. The number of hydrogen-bond donors (Lipinski definition) is 0. The first-order valence-corrected chi connectivity index (χ1v) is 7.84. The van der Waals surface area contributed by atoms with Gasteiger partial charge in [0.2, 0.25) is 0 Å². The highest BCUT2D eigenvalue weighted by Gasteiger charge is 2.35. The molecule has 1 rings (SSSR count). The average molecular weight is 319 g/mol. The SMILES string of the molecule is CCOC(=O)CCC(C)(N=Cc1ccccc1)C(=O)OC(C)C. The van der Waals surface area contributed by atoms with E-state index in [4.69, 9.17) is 9.47 Å².